The molecule has 2 atom stereocenters. The lowest BCUT2D eigenvalue weighted by atomic mass is 9.72. The molecule has 6 nitrogen and oxygen atoms in total. The summed E-state index contributed by atoms with van der Waals surface area (Å²) in [6.45, 7) is 11.4. The van der Waals surface area contributed by atoms with Gasteiger partial charge in [0.05, 0.1) is 18.1 Å². The van der Waals surface area contributed by atoms with Crippen molar-refractivity contribution in [3.8, 4) is 0 Å². The third-order valence-electron chi connectivity index (χ3n) is 7.27. The second-order valence-electron chi connectivity index (χ2n) is 8.39. The van der Waals surface area contributed by atoms with Gasteiger partial charge in [0.2, 0.25) is 5.82 Å². The molecule has 1 N–H and O–H groups in total. The fraction of sp³-hybridized carbons (Fsp3) is 0.762. The summed E-state index contributed by atoms with van der Waals surface area (Å²) in [6, 6.07) is 0.751. The number of hydrogen-bond donors (Lipinski definition) is 1. The topological polar surface area (TPSA) is 61.4 Å². The number of hydrogen-bond acceptors (Lipinski definition) is 5. The van der Waals surface area contributed by atoms with E-state index in [1.807, 2.05) is 0 Å². The first-order chi connectivity index (χ1) is 13.0. The van der Waals surface area contributed by atoms with Gasteiger partial charge in [0.15, 0.2) is 0 Å². The van der Waals surface area contributed by atoms with Crippen LogP contribution in [0.25, 0.3) is 0 Å². The lowest BCUT2D eigenvalue weighted by Gasteiger charge is -2.40. The maximum absolute atomic E-state index is 11.6. The van der Waals surface area contributed by atoms with Crippen molar-refractivity contribution in [1.29, 1.82) is 0 Å². The number of rotatable bonds is 6. The predicted octanol–water partition coefficient (Wildman–Crippen LogP) is 2.95. The molecule has 2 aliphatic rings. The first-order valence-electron chi connectivity index (χ1n) is 10.5. The summed E-state index contributed by atoms with van der Waals surface area (Å²) in [5.74, 6) is 0.862. The molecule has 0 aromatic carbocycles. The Hall–Kier alpha value is -1.69. The van der Waals surface area contributed by atoms with Gasteiger partial charge >= 0.3 is 0 Å². The van der Waals surface area contributed by atoms with Gasteiger partial charge in [-0.3, -0.25) is 9.69 Å². The molecular formula is C21H35N5O. The quantitative estimate of drug-likeness (QED) is 0.831. The summed E-state index contributed by atoms with van der Waals surface area (Å²) >= 11 is 0. The molecule has 1 saturated heterocycles. The number of nitrogens with one attached hydrogen (secondary N) is 1. The Balaban J connectivity index is 1.53. The van der Waals surface area contributed by atoms with Gasteiger partial charge in [-0.25, -0.2) is 9.97 Å². The minimum absolute atomic E-state index is 0.229. The summed E-state index contributed by atoms with van der Waals surface area (Å²) in [4.78, 5) is 25.0. The first-order valence-corrected chi connectivity index (χ1v) is 10.5. The molecule has 27 heavy (non-hydrogen) atoms. The van der Waals surface area contributed by atoms with Crippen molar-refractivity contribution in [2.45, 2.75) is 58.9 Å². The van der Waals surface area contributed by atoms with Gasteiger partial charge in [0, 0.05) is 39.3 Å². The summed E-state index contributed by atoms with van der Waals surface area (Å²) in [7, 11) is 1.59. The van der Waals surface area contributed by atoms with Crippen LogP contribution in [0.2, 0.25) is 0 Å². The monoisotopic (exact) mass is 373 g/mol. The van der Waals surface area contributed by atoms with Crippen molar-refractivity contribution in [1.82, 2.24) is 20.2 Å². The first kappa shape index (κ1) is 20.1. The number of nitrogens with zero attached hydrogens (tertiary/aromatic N) is 4. The molecule has 150 valence electrons. The highest BCUT2D eigenvalue weighted by Crippen LogP contribution is 2.45. The zero-order valence-electron chi connectivity index (χ0n) is 17.4. The van der Waals surface area contributed by atoms with Gasteiger partial charge in [-0.15, -0.1) is 0 Å². The molecule has 1 saturated carbocycles. The lowest BCUT2D eigenvalue weighted by molar-refractivity contribution is 0.0952. The number of anilines is 1. The average Bonchev–Trinajstić information content (AvgIpc) is 3.24. The normalized spacial score (nSPS) is 24.2. The number of amides is 1. The van der Waals surface area contributed by atoms with Crippen molar-refractivity contribution < 1.29 is 4.79 Å². The van der Waals surface area contributed by atoms with Crippen LogP contribution in [0.1, 0.15) is 63.5 Å². The second-order valence-corrected chi connectivity index (χ2v) is 8.39. The van der Waals surface area contributed by atoms with Crippen LogP contribution in [0.5, 0.6) is 0 Å². The lowest BCUT2D eigenvalue weighted by Crippen LogP contribution is -2.50. The van der Waals surface area contributed by atoms with Crippen LogP contribution < -0.4 is 10.2 Å². The zero-order valence-corrected chi connectivity index (χ0v) is 17.4. The largest absolute Gasteiger partial charge is 0.366 e. The molecule has 0 bridgehead atoms. The molecular weight excluding hydrogens is 338 g/mol. The molecule has 3 rings (SSSR count). The number of carbonyl (C=O) groups excluding carboxylic acids is 1. The van der Waals surface area contributed by atoms with Crippen LogP contribution in [0.3, 0.4) is 0 Å². The SMILES string of the molecule is CCC(C)(CC)C1CC[C@@H](N2CCN(c3cnc(C(=O)NC)nc3)CC2)C1. The maximum Gasteiger partial charge on any atom is 0.288 e. The molecule has 1 aliphatic carbocycles. The fourth-order valence-corrected chi connectivity index (χ4v) is 4.81. The van der Waals surface area contributed by atoms with E-state index in [4.69, 9.17) is 0 Å². The third kappa shape index (κ3) is 4.26. The zero-order chi connectivity index (χ0) is 19.4. The van der Waals surface area contributed by atoms with E-state index in [0.717, 1.165) is 43.8 Å². The van der Waals surface area contributed by atoms with E-state index >= 15 is 0 Å². The van der Waals surface area contributed by atoms with Gasteiger partial charge in [-0.2, -0.15) is 0 Å². The van der Waals surface area contributed by atoms with Crippen molar-refractivity contribution in [2.24, 2.45) is 11.3 Å². The van der Waals surface area contributed by atoms with E-state index in [9.17, 15) is 4.79 Å². The highest BCUT2D eigenvalue weighted by molar-refractivity contribution is 5.90. The van der Waals surface area contributed by atoms with E-state index in [0.29, 0.717) is 5.41 Å². The van der Waals surface area contributed by atoms with E-state index in [-0.39, 0.29) is 11.7 Å². The summed E-state index contributed by atoms with van der Waals surface area (Å²) in [6.07, 6.45) is 10.2. The minimum atomic E-state index is -0.242. The molecule has 2 fully saturated rings. The van der Waals surface area contributed by atoms with Gasteiger partial charge < -0.3 is 10.2 Å². The second kappa shape index (κ2) is 8.55. The average molecular weight is 374 g/mol. The fourth-order valence-electron chi connectivity index (χ4n) is 4.81. The number of carbonyl (C=O) groups is 1. The van der Waals surface area contributed by atoms with Crippen LogP contribution in [0.15, 0.2) is 12.4 Å². The summed E-state index contributed by atoms with van der Waals surface area (Å²) in [5, 5.41) is 2.56. The van der Waals surface area contributed by atoms with E-state index in [1.165, 1.54) is 32.1 Å². The van der Waals surface area contributed by atoms with E-state index in [1.54, 1.807) is 19.4 Å². The van der Waals surface area contributed by atoms with Gasteiger partial charge in [-0.05, 0) is 30.6 Å². The Kier molecular flexibility index (Phi) is 6.35. The minimum Gasteiger partial charge on any atom is -0.366 e. The molecule has 6 heteroatoms. The molecule has 2 heterocycles. The van der Waals surface area contributed by atoms with Gasteiger partial charge in [-0.1, -0.05) is 33.6 Å². The van der Waals surface area contributed by atoms with E-state index in [2.05, 4.69) is 45.9 Å². The molecule has 0 spiro atoms. The Bertz CT molecular complexity index is 620. The molecule has 1 amide bonds. The number of aromatic nitrogens is 2. The van der Waals surface area contributed by atoms with E-state index < -0.39 is 0 Å². The highest BCUT2D eigenvalue weighted by Gasteiger charge is 2.39. The Morgan fingerprint density at radius 1 is 1.15 bits per heavy atom. The van der Waals surface area contributed by atoms with Crippen molar-refractivity contribution in [3.05, 3.63) is 18.2 Å². The van der Waals surface area contributed by atoms with Crippen LogP contribution in [-0.2, 0) is 0 Å². The molecule has 1 unspecified atom stereocenters. The van der Waals surface area contributed by atoms with Crippen molar-refractivity contribution >= 4 is 11.6 Å². The standard InChI is InChI=1S/C21H35N5O/c1-5-21(3,6-2)16-7-8-17(13-16)25-9-11-26(12-10-25)18-14-23-19(24-15-18)20(27)22-4/h14-17H,5-13H2,1-4H3,(H,22,27)/t16?,17-/m1/s1. The molecule has 1 aliphatic heterocycles. The Labute approximate surface area is 163 Å². The van der Waals surface area contributed by atoms with Crippen LogP contribution >= 0.6 is 0 Å². The molecule has 1 aromatic rings. The van der Waals surface area contributed by atoms with Gasteiger partial charge in [0.1, 0.15) is 0 Å². The third-order valence-corrected chi connectivity index (χ3v) is 7.27. The van der Waals surface area contributed by atoms with Crippen LogP contribution in [0, 0.1) is 11.3 Å². The maximum atomic E-state index is 11.6. The van der Waals surface area contributed by atoms with Crippen molar-refractivity contribution in [2.75, 3.05) is 38.1 Å². The Morgan fingerprint density at radius 3 is 2.33 bits per heavy atom. The van der Waals surface area contributed by atoms with Gasteiger partial charge in [0.25, 0.3) is 5.91 Å². The number of piperazine rings is 1. The molecule has 0 radical (unpaired) electrons. The van der Waals surface area contributed by atoms with Crippen LogP contribution in [0.4, 0.5) is 5.69 Å². The van der Waals surface area contributed by atoms with Crippen LogP contribution in [-0.4, -0.2) is 60.0 Å². The molecule has 1 aromatic heterocycles. The smallest absolute Gasteiger partial charge is 0.288 e. The Morgan fingerprint density at radius 2 is 1.78 bits per heavy atom. The predicted molar refractivity (Wildman–Crippen MR) is 109 cm³/mol. The summed E-state index contributed by atoms with van der Waals surface area (Å²) < 4.78 is 0. The summed E-state index contributed by atoms with van der Waals surface area (Å²) in [5.41, 5.74) is 1.52. The van der Waals surface area contributed by atoms with Crippen molar-refractivity contribution in [3.63, 3.8) is 0 Å². The highest BCUT2D eigenvalue weighted by atomic mass is 16.2.